The summed E-state index contributed by atoms with van der Waals surface area (Å²) in [6.45, 7) is 2.46. The van der Waals surface area contributed by atoms with E-state index in [1.165, 1.54) is 4.57 Å². The summed E-state index contributed by atoms with van der Waals surface area (Å²) in [4.78, 5) is 32.0. The minimum absolute atomic E-state index is 0.0912. The van der Waals surface area contributed by atoms with Crippen molar-refractivity contribution < 1.29 is 4.79 Å². The van der Waals surface area contributed by atoms with Crippen LogP contribution >= 0.6 is 0 Å². The Labute approximate surface area is 104 Å². The van der Waals surface area contributed by atoms with Crippen molar-refractivity contribution in [1.82, 2.24) is 19.9 Å². The van der Waals surface area contributed by atoms with Gasteiger partial charge in [0, 0.05) is 19.8 Å². The molecule has 0 radical (unpaired) electrons. The highest BCUT2D eigenvalue weighted by molar-refractivity contribution is 5.93. The first-order chi connectivity index (χ1) is 8.65. The van der Waals surface area contributed by atoms with Crippen LogP contribution < -0.4 is 10.9 Å². The van der Waals surface area contributed by atoms with Crippen LogP contribution in [0.15, 0.2) is 23.1 Å². The number of pyridine rings is 1. The fraction of sp³-hybridized carbons (Fsp3) is 0.333. The fourth-order valence-corrected chi connectivity index (χ4v) is 1.63. The van der Waals surface area contributed by atoms with Crippen LogP contribution in [0.1, 0.15) is 23.8 Å². The summed E-state index contributed by atoms with van der Waals surface area (Å²) in [5.41, 5.74) is 0.469. The van der Waals surface area contributed by atoms with E-state index in [9.17, 15) is 9.59 Å². The van der Waals surface area contributed by atoms with Gasteiger partial charge >= 0.3 is 0 Å². The second-order valence-corrected chi connectivity index (χ2v) is 3.93. The zero-order valence-corrected chi connectivity index (χ0v) is 10.3. The SMILES string of the molecule is CCCNC(=O)c1nc2cccnc2n(C)c1=O. The molecule has 6 heteroatoms. The Morgan fingerprint density at radius 2 is 2.28 bits per heavy atom. The Balaban J connectivity index is 2.55. The maximum Gasteiger partial charge on any atom is 0.283 e. The van der Waals surface area contributed by atoms with Crippen molar-refractivity contribution in [3.8, 4) is 0 Å². The molecule has 18 heavy (non-hydrogen) atoms. The van der Waals surface area contributed by atoms with Gasteiger partial charge < -0.3 is 5.32 Å². The summed E-state index contributed by atoms with van der Waals surface area (Å²) >= 11 is 0. The Morgan fingerprint density at radius 1 is 1.50 bits per heavy atom. The van der Waals surface area contributed by atoms with Crippen molar-refractivity contribution in [1.29, 1.82) is 0 Å². The maximum atomic E-state index is 12.0. The summed E-state index contributed by atoms with van der Waals surface area (Å²) < 4.78 is 1.34. The lowest BCUT2D eigenvalue weighted by molar-refractivity contribution is 0.0947. The standard InChI is InChI=1S/C12H14N4O2/c1-3-6-14-11(17)9-12(18)16(2)10-8(15-9)5-4-7-13-10/h4-5,7H,3,6H2,1-2H3,(H,14,17). The molecule has 0 spiro atoms. The molecule has 2 aromatic heterocycles. The largest absolute Gasteiger partial charge is 0.351 e. The topological polar surface area (TPSA) is 76.9 Å². The van der Waals surface area contributed by atoms with Crippen molar-refractivity contribution in [2.75, 3.05) is 6.54 Å². The highest BCUT2D eigenvalue weighted by atomic mass is 16.2. The number of carbonyl (C=O) groups is 1. The van der Waals surface area contributed by atoms with Crippen molar-refractivity contribution in [3.05, 3.63) is 34.4 Å². The molecule has 1 N–H and O–H groups in total. The normalized spacial score (nSPS) is 10.6. The Bertz CT molecular complexity index is 648. The lowest BCUT2D eigenvalue weighted by Crippen LogP contribution is -2.34. The summed E-state index contributed by atoms with van der Waals surface area (Å²) in [5, 5.41) is 2.65. The number of aromatic nitrogens is 3. The average Bonchev–Trinajstić information content (AvgIpc) is 2.40. The van der Waals surface area contributed by atoms with Crippen molar-refractivity contribution in [2.24, 2.45) is 7.05 Å². The van der Waals surface area contributed by atoms with Crippen molar-refractivity contribution in [2.45, 2.75) is 13.3 Å². The molecule has 1 amide bonds. The van der Waals surface area contributed by atoms with Gasteiger partial charge in [0.15, 0.2) is 11.3 Å². The number of aryl methyl sites for hydroxylation is 1. The van der Waals surface area contributed by atoms with Gasteiger partial charge in [-0.15, -0.1) is 0 Å². The first kappa shape index (κ1) is 12.2. The average molecular weight is 246 g/mol. The van der Waals surface area contributed by atoms with E-state index in [4.69, 9.17) is 0 Å². The molecule has 0 aliphatic heterocycles. The number of fused-ring (bicyclic) bond motifs is 1. The minimum atomic E-state index is -0.441. The van der Waals surface area contributed by atoms with Gasteiger partial charge in [-0.2, -0.15) is 0 Å². The van der Waals surface area contributed by atoms with E-state index in [1.807, 2.05) is 6.92 Å². The molecule has 0 atom stereocenters. The fourth-order valence-electron chi connectivity index (χ4n) is 1.63. The predicted octanol–water partition coefficient (Wildman–Crippen LogP) is 0.468. The first-order valence-corrected chi connectivity index (χ1v) is 5.75. The molecule has 2 heterocycles. The Kier molecular flexibility index (Phi) is 3.36. The van der Waals surface area contributed by atoms with Gasteiger partial charge in [0.05, 0.1) is 0 Å². The van der Waals surface area contributed by atoms with Gasteiger partial charge in [-0.1, -0.05) is 6.92 Å². The number of hydrogen-bond acceptors (Lipinski definition) is 4. The summed E-state index contributed by atoms with van der Waals surface area (Å²) in [6, 6.07) is 3.44. The highest BCUT2D eigenvalue weighted by Crippen LogP contribution is 2.05. The molecule has 0 saturated heterocycles. The number of rotatable bonds is 3. The number of hydrogen-bond donors (Lipinski definition) is 1. The maximum absolute atomic E-state index is 12.0. The van der Waals surface area contributed by atoms with Gasteiger partial charge in [0.25, 0.3) is 11.5 Å². The van der Waals surface area contributed by atoms with Crippen LogP contribution in [0.2, 0.25) is 0 Å². The predicted molar refractivity (Wildman–Crippen MR) is 67.4 cm³/mol. The summed E-state index contributed by atoms with van der Waals surface area (Å²) in [7, 11) is 1.58. The second kappa shape index (κ2) is 4.95. The molecule has 0 aromatic carbocycles. The molecule has 0 saturated carbocycles. The van der Waals surface area contributed by atoms with E-state index in [0.717, 1.165) is 6.42 Å². The molecule has 0 unspecified atom stereocenters. The number of nitrogens with zero attached hydrogens (tertiary/aromatic N) is 3. The van der Waals surface area contributed by atoms with Crippen molar-refractivity contribution >= 4 is 17.1 Å². The summed E-state index contributed by atoms with van der Waals surface area (Å²) in [5.74, 6) is -0.441. The highest BCUT2D eigenvalue weighted by Gasteiger charge is 2.15. The monoisotopic (exact) mass is 246 g/mol. The third-order valence-electron chi connectivity index (χ3n) is 2.57. The molecule has 0 fully saturated rings. The van der Waals surface area contributed by atoms with Gasteiger partial charge in [-0.3, -0.25) is 14.2 Å². The van der Waals surface area contributed by atoms with E-state index in [1.54, 1.807) is 25.4 Å². The van der Waals surface area contributed by atoms with Gasteiger partial charge in [0.2, 0.25) is 0 Å². The molecule has 0 aliphatic carbocycles. The number of carbonyl (C=O) groups excluding carboxylic acids is 1. The van der Waals surface area contributed by atoms with Crippen molar-refractivity contribution in [3.63, 3.8) is 0 Å². The molecular formula is C12H14N4O2. The Morgan fingerprint density at radius 3 is 3.00 bits per heavy atom. The second-order valence-electron chi connectivity index (χ2n) is 3.93. The molecule has 6 nitrogen and oxygen atoms in total. The molecule has 2 aromatic rings. The summed E-state index contributed by atoms with van der Waals surface area (Å²) in [6.07, 6.45) is 2.39. The van der Waals surface area contributed by atoms with Gasteiger partial charge in [-0.05, 0) is 18.6 Å². The van der Waals surface area contributed by atoms with Crippen LogP contribution in [-0.2, 0) is 7.05 Å². The molecule has 2 rings (SSSR count). The zero-order chi connectivity index (χ0) is 13.1. The third kappa shape index (κ3) is 2.09. The molecular weight excluding hydrogens is 232 g/mol. The quantitative estimate of drug-likeness (QED) is 0.854. The van der Waals surface area contributed by atoms with Crippen LogP contribution in [0, 0.1) is 0 Å². The molecule has 0 aliphatic rings. The van der Waals surface area contributed by atoms with E-state index in [2.05, 4.69) is 15.3 Å². The molecule has 0 bridgehead atoms. The van der Waals surface area contributed by atoms with E-state index in [-0.39, 0.29) is 5.69 Å². The van der Waals surface area contributed by atoms with Crippen LogP contribution in [-0.4, -0.2) is 27.0 Å². The van der Waals surface area contributed by atoms with Crippen LogP contribution in [0.3, 0.4) is 0 Å². The van der Waals surface area contributed by atoms with E-state index >= 15 is 0 Å². The third-order valence-corrected chi connectivity index (χ3v) is 2.57. The number of nitrogens with one attached hydrogen (secondary N) is 1. The first-order valence-electron chi connectivity index (χ1n) is 5.75. The lowest BCUT2D eigenvalue weighted by atomic mass is 10.3. The molecule has 94 valence electrons. The minimum Gasteiger partial charge on any atom is -0.351 e. The van der Waals surface area contributed by atoms with Crippen LogP contribution in [0.4, 0.5) is 0 Å². The van der Waals surface area contributed by atoms with Gasteiger partial charge in [0.1, 0.15) is 5.52 Å². The van der Waals surface area contributed by atoms with Crippen LogP contribution in [0.25, 0.3) is 11.2 Å². The van der Waals surface area contributed by atoms with E-state index < -0.39 is 11.5 Å². The van der Waals surface area contributed by atoms with Gasteiger partial charge in [-0.25, -0.2) is 9.97 Å². The van der Waals surface area contributed by atoms with Crippen LogP contribution in [0.5, 0.6) is 0 Å². The number of amides is 1. The smallest absolute Gasteiger partial charge is 0.283 e. The zero-order valence-electron chi connectivity index (χ0n) is 10.3. The van der Waals surface area contributed by atoms with E-state index in [0.29, 0.717) is 17.7 Å². The lowest BCUT2D eigenvalue weighted by Gasteiger charge is -2.06. The Hall–Kier alpha value is -2.24.